The maximum atomic E-state index is 13.1. The zero-order chi connectivity index (χ0) is 22.4. The van der Waals surface area contributed by atoms with Gasteiger partial charge in [0.1, 0.15) is 5.54 Å². The van der Waals surface area contributed by atoms with E-state index in [0.717, 1.165) is 24.0 Å². The summed E-state index contributed by atoms with van der Waals surface area (Å²) in [6.07, 6.45) is 3.26. The van der Waals surface area contributed by atoms with Crippen molar-refractivity contribution in [2.75, 3.05) is 32.8 Å². The molecule has 2 aliphatic heterocycles. The lowest BCUT2D eigenvalue weighted by Gasteiger charge is -2.36. The Labute approximate surface area is 184 Å². The number of nitrogens with one attached hydrogen (secondary N) is 1. The van der Waals surface area contributed by atoms with Gasteiger partial charge in [-0.1, -0.05) is 19.1 Å². The predicted octanol–water partition coefficient (Wildman–Crippen LogP) is 2.07. The lowest BCUT2D eigenvalue weighted by atomic mass is 9.77. The summed E-state index contributed by atoms with van der Waals surface area (Å²) in [6.45, 7) is 7.70. The van der Waals surface area contributed by atoms with Crippen molar-refractivity contribution in [3.63, 3.8) is 0 Å². The van der Waals surface area contributed by atoms with E-state index in [0.29, 0.717) is 49.8 Å². The number of sulfonamides is 1. The molecular weight excluding hydrogens is 416 g/mol. The Hall–Kier alpha value is -1.97. The van der Waals surface area contributed by atoms with Gasteiger partial charge in [0.05, 0.1) is 11.6 Å². The first-order valence-corrected chi connectivity index (χ1v) is 12.5. The fourth-order valence-corrected chi connectivity index (χ4v) is 6.57. The lowest BCUT2D eigenvalue weighted by Crippen LogP contribution is -2.53. The van der Waals surface area contributed by atoms with Crippen molar-refractivity contribution < 1.29 is 18.0 Å². The van der Waals surface area contributed by atoms with E-state index in [-0.39, 0.29) is 18.6 Å². The second kappa shape index (κ2) is 8.18. The van der Waals surface area contributed by atoms with Crippen LogP contribution in [0.15, 0.2) is 23.1 Å². The largest absolute Gasteiger partial charge is 0.326 e. The quantitative estimate of drug-likeness (QED) is 0.712. The minimum Gasteiger partial charge on any atom is -0.323 e. The zero-order valence-electron chi connectivity index (χ0n) is 18.6. The third kappa shape index (κ3) is 4.10. The summed E-state index contributed by atoms with van der Waals surface area (Å²) in [7, 11) is -3.57. The van der Waals surface area contributed by atoms with Crippen LogP contribution in [0.25, 0.3) is 0 Å². The third-order valence-electron chi connectivity index (χ3n) is 7.01. The molecule has 1 aromatic carbocycles. The van der Waals surface area contributed by atoms with Crippen LogP contribution >= 0.6 is 0 Å². The summed E-state index contributed by atoms with van der Waals surface area (Å²) in [5, 5.41) is 2.95. The average Bonchev–Trinajstić information content (AvgIpc) is 2.96. The number of urea groups is 1. The molecule has 8 nitrogen and oxygen atoms in total. The molecule has 2 saturated heterocycles. The first-order chi connectivity index (χ1) is 14.6. The number of nitrogens with zero attached hydrogens (tertiary/aromatic N) is 3. The number of carbonyl (C=O) groups is 2. The normalized spacial score (nSPS) is 28.4. The molecule has 3 fully saturated rings. The van der Waals surface area contributed by atoms with E-state index in [1.807, 2.05) is 30.9 Å². The van der Waals surface area contributed by atoms with Gasteiger partial charge in [0.15, 0.2) is 0 Å². The predicted molar refractivity (Wildman–Crippen MR) is 117 cm³/mol. The summed E-state index contributed by atoms with van der Waals surface area (Å²) in [5.41, 5.74) is 0.907. The summed E-state index contributed by atoms with van der Waals surface area (Å²) in [4.78, 5) is 29.3. The second-order valence-electron chi connectivity index (χ2n) is 9.36. The number of carbonyl (C=O) groups excluding carboxylic acids is 2. The molecule has 1 saturated carbocycles. The van der Waals surface area contributed by atoms with Crippen LogP contribution in [0.4, 0.5) is 4.79 Å². The van der Waals surface area contributed by atoms with Crippen LogP contribution in [0, 0.1) is 19.8 Å². The SMILES string of the molecule is Cc1ccc(C)c(S(=O)(=O)N2CCN(CN3C(=O)NC4(CCC(C)CC4)C3=O)CC2)c1. The Morgan fingerprint density at radius 3 is 2.35 bits per heavy atom. The highest BCUT2D eigenvalue weighted by Gasteiger charge is 2.52. The van der Waals surface area contributed by atoms with Gasteiger partial charge in [-0.25, -0.2) is 18.1 Å². The fourth-order valence-electron chi connectivity index (χ4n) is 4.83. The summed E-state index contributed by atoms with van der Waals surface area (Å²) in [5.74, 6) is 0.450. The zero-order valence-corrected chi connectivity index (χ0v) is 19.4. The molecule has 0 bridgehead atoms. The van der Waals surface area contributed by atoms with E-state index in [4.69, 9.17) is 0 Å². The van der Waals surface area contributed by atoms with Crippen LogP contribution in [0.3, 0.4) is 0 Å². The van der Waals surface area contributed by atoms with Gasteiger partial charge in [-0.05, 0) is 62.6 Å². The van der Waals surface area contributed by atoms with E-state index in [9.17, 15) is 18.0 Å². The molecule has 1 N–H and O–H groups in total. The number of benzene rings is 1. The van der Waals surface area contributed by atoms with Crippen LogP contribution in [0.5, 0.6) is 0 Å². The molecule has 0 unspecified atom stereocenters. The highest BCUT2D eigenvalue weighted by atomic mass is 32.2. The van der Waals surface area contributed by atoms with Crippen LogP contribution in [0.2, 0.25) is 0 Å². The van der Waals surface area contributed by atoms with Crippen molar-refractivity contribution in [2.45, 2.75) is 56.9 Å². The molecule has 1 aliphatic carbocycles. The molecule has 0 atom stereocenters. The molecule has 31 heavy (non-hydrogen) atoms. The first kappa shape index (κ1) is 22.2. The molecule has 1 aromatic rings. The van der Waals surface area contributed by atoms with Crippen molar-refractivity contribution >= 4 is 22.0 Å². The number of hydrogen-bond donors (Lipinski definition) is 1. The minimum atomic E-state index is -3.57. The highest BCUT2D eigenvalue weighted by Crippen LogP contribution is 2.36. The van der Waals surface area contributed by atoms with Gasteiger partial charge in [-0.3, -0.25) is 9.69 Å². The molecule has 3 amide bonds. The summed E-state index contributed by atoms with van der Waals surface area (Å²) in [6, 6.07) is 5.13. The Bertz CT molecular complexity index is 977. The van der Waals surface area contributed by atoms with Crippen molar-refractivity contribution in [1.29, 1.82) is 0 Å². The van der Waals surface area contributed by atoms with Gasteiger partial charge in [0.25, 0.3) is 5.91 Å². The molecule has 0 radical (unpaired) electrons. The number of rotatable bonds is 4. The molecule has 9 heteroatoms. The van der Waals surface area contributed by atoms with E-state index < -0.39 is 15.6 Å². The summed E-state index contributed by atoms with van der Waals surface area (Å²) >= 11 is 0. The van der Waals surface area contributed by atoms with Crippen molar-refractivity contribution in [3.8, 4) is 0 Å². The molecule has 4 rings (SSSR count). The number of amides is 3. The number of hydrogen-bond acceptors (Lipinski definition) is 5. The van der Waals surface area contributed by atoms with Gasteiger partial charge in [-0.2, -0.15) is 4.31 Å². The minimum absolute atomic E-state index is 0.130. The lowest BCUT2D eigenvalue weighted by molar-refractivity contribution is -0.134. The van der Waals surface area contributed by atoms with Gasteiger partial charge < -0.3 is 5.32 Å². The van der Waals surface area contributed by atoms with Gasteiger partial charge in [-0.15, -0.1) is 0 Å². The Morgan fingerprint density at radius 1 is 1.06 bits per heavy atom. The van der Waals surface area contributed by atoms with E-state index >= 15 is 0 Å². The first-order valence-electron chi connectivity index (χ1n) is 11.1. The second-order valence-corrected chi connectivity index (χ2v) is 11.3. The summed E-state index contributed by atoms with van der Waals surface area (Å²) < 4.78 is 27.7. The third-order valence-corrected chi connectivity index (χ3v) is 9.05. The van der Waals surface area contributed by atoms with Crippen molar-refractivity contribution in [1.82, 2.24) is 19.4 Å². The van der Waals surface area contributed by atoms with Gasteiger partial charge >= 0.3 is 6.03 Å². The van der Waals surface area contributed by atoms with Gasteiger partial charge in [0, 0.05) is 26.2 Å². The highest BCUT2D eigenvalue weighted by molar-refractivity contribution is 7.89. The van der Waals surface area contributed by atoms with Crippen LogP contribution < -0.4 is 5.32 Å². The Balaban J connectivity index is 1.39. The standard InChI is InChI=1S/C22H32N4O4S/c1-16-6-8-22(9-7-16)20(27)26(21(28)23-22)15-24-10-12-25(13-11-24)31(29,30)19-14-17(2)4-5-18(19)3/h4-5,14,16H,6-13,15H2,1-3H3,(H,23,28). The number of aryl methyl sites for hydroxylation is 2. The molecule has 0 aromatic heterocycles. The molecule has 3 aliphatic rings. The topological polar surface area (TPSA) is 90.0 Å². The van der Waals surface area contributed by atoms with Crippen molar-refractivity contribution in [2.24, 2.45) is 5.92 Å². The fraction of sp³-hybridized carbons (Fsp3) is 0.636. The van der Waals surface area contributed by atoms with E-state index in [1.165, 1.54) is 9.21 Å². The van der Waals surface area contributed by atoms with Crippen molar-refractivity contribution in [3.05, 3.63) is 29.3 Å². The number of imide groups is 1. The Kier molecular flexibility index (Phi) is 5.87. The van der Waals surface area contributed by atoms with Gasteiger partial charge in [0.2, 0.25) is 10.0 Å². The monoisotopic (exact) mass is 448 g/mol. The molecule has 170 valence electrons. The van der Waals surface area contributed by atoms with E-state index in [1.54, 1.807) is 6.07 Å². The van der Waals surface area contributed by atoms with Crippen LogP contribution in [-0.4, -0.2) is 72.8 Å². The molecular formula is C22H32N4O4S. The number of piperazine rings is 1. The molecule has 1 spiro atoms. The maximum Gasteiger partial charge on any atom is 0.326 e. The molecule has 2 heterocycles. The Morgan fingerprint density at radius 2 is 1.71 bits per heavy atom. The smallest absolute Gasteiger partial charge is 0.323 e. The van der Waals surface area contributed by atoms with E-state index in [2.05, 4.69) is 12.2 Å². The maximum absolute atomic E-state index is 13.1. The van der Waals surface area contributed by atoms with Crippen LogP contribution in [-0.2, 0) is 14.8 Å². The van der Waals surface area contributed by atoms with Crippen LogP contribution in [0.1, 0.15) is 43.7 Å². The average molecular weight is 449 g/mol.